The Morgan fingerprint density at radius 2 is 2.00 bits per heavy atom. The van der Waals surface area contributed by atoms with E-state index < -0.39 is 0 Å². The molecule has 0 saturated heterocycles. The van der Waals surface area contributed by atoms with Gasteiger partial charge in [0.1, 0.15) is 0 Å². The molecular weight excluding hydrogens is 272 g/mol. The van der Waals surface area contributed by atoms with Crippen molar-refractivity contribution >= 4 is 6.01 Å². The summed E-state index contributed by atoms with van der Waals surface area (Å²) >= 11 is 0. The number of hydrogen-bond acceptors (Lipinski definition) is 7. The normalized spacial score (nSPS) is 14.1. The van der Waals surface area contributed by atoms with Gasteiger partial charge < -0.3 is 24.1 Å². The molecule has 2 atom stereocenters. The summed E-state index contributed by atoms with van der Waals surface area (Å²) in [4.78, 5) is 2.01. The van der Waals surface area contributed by atoms with Crippen molar-refractivity contribution in [2.75, 3.05) is 45.4 Å². The highest BCUT2D eigenvalue weighted by molar-refractivity contribution is 5.26. The first kappa shape index (κ1) is 17.9. The lowest BCUT2D eigenvalue weighted by Crippen LogP contribution is -2.38. The van der Waals surface area contributed by atoms with E-state index in [9.17, 15) is 0 Å². The monoisotopic (exact) mass is 300 g/mol. The van der Waals surface area contributed by atoms with E-state index in [1.54, 1.807) is 14.2 Å². The van der Waals surface area contributed by atoms with Crippen LogP contribution in [0.2, 0.25) is 0 Å². The van der Waals surface area contributed by atoms with Crippen LogP contribution in [0.5, 0.6) is 0 Å². The lowest BCUT2D eigenvalue weighted by atomic mass is 10.3. The molecule has 0 spiro atoms. The van der Waals surface area contributed by atoms with Gasteiger partial charge in [-0.15, -0.1) is 5.10 Å². The quantitative estimate of drug-likeness (QED) is 0.665. The topological polar surface area (TPSA) is 72.7 Å². The van der Waals surface area contributed by atoms with Gasteiger partial charge in [0.25, 0.3) is 0 Å². The highest BCUT2D eigenvalue weighted by atomic mass is 16.5. The van der Waals surface area contributed by atoms with E-state index in [4.69, 9.17) is 13.9 Å². The van der Waals surface area contributed by atoms with E-state index >= 15 is 0 Å². The van der Waals surface area contributed by atoms with E-state index in [-0.39, 0.29) is 12.1 Å². The number of nitrogens with one attached hydrogen (secondary N) is 1. The molecule has 1 aromatic rings. The fraction of sp³-hybridized carbons (Fsp3) is 0.857. The van der Waals surface area contributed by atoms with Crippen LogP contribution in [0, 0.1) is 0 Å². The molecule has 2 unspecified atom stereocenters. The summed E-state index contributed by atoms with van der Waals surface area (Å²) in [6, 6.07) is 0.697. The number of anilines is 1. The fourth-order valence-corrected chi connectivity index (χ4v) is 1.99. The molecule has 7 heteroatoms. The molecule has 0 aliphatic heterocycles. The molecule has 0 amide bonds. The third-order valence-electron chi connectivity index (χ3n) is 3.22. The van der Waals surface area contributed by atoms with E-state index in [1.807, 2.05) is 11.8 Å². The smallest absolute Gasteiger partial charge is 0.318 e. The largest absolute Gasteiger partial charge is 0.406 e. The summed E-state index contributed by atoms with van der Waals surface area (Å²) in [6.07, 6.45) is 1.07. The van der Waals surface area contributed by atoms with Crippen molar-refractivity contribution < 1.29 is 13.9 Å². The standard InChI is InChI=1S/C14H28N4O3/c1-6-7-15-12(3)13-16-17-14(21-13)18(8-9-19-4)11(2)10-20-5/h11-12,15H,6-10H2,1-5H3. The second-order valence-corrected chi connectivity index (χ2v) is 5.09. The van der Waals surface area contributed by atoms with Crippen molar-refractivity contribution in [3.63, 3.8) is 0 Å². The zero-order valence-electron chi connectivity index (χ0n) is 13.8. The number of rotatable bonds is 11. The Hall–Kier alpha value is -1.18. The second kappa shape index (κ2) is 9.70. The van der Waals surface area contributed by atoms with Crippen LogP contribution < -0.4 is 10.2 Å². The summed E-state index contributed by atoms with van der Waals surface area (Å²) in [6.45, 7) is 8.98. The SMILES string of the molecule is CCCNC(C)c1nnc(N(CCOC)C(C)COC)o1. The predicted octanol–water partition coefficient (Wildman–Crippen LogP) is 1.62. The first-order valence-corrected chi connectivity index (χ1v) is 7.45. The van der Waals surface area contributed by atoms with Crippen molar-refractivity contribution in [1.29, 1.82) is 0 Å². The molecule has 0 bridgehead atoms. The minimum atomic E-state index is 0.0493. The molecule has 1 N–H and O–H groups in total. The van der Waals surface area contributed by atoms with Crippen molar-refractivity contribution in [2.45, 2.75) is 39.3 Å². The zero-order valence-corrected chi connectivity index (χ0v) is 13.8. The molecular formula is C14H28N4O3. The lowest BCUT2D eigenvalue weighted by Gasteiger charge is -2.26. The molecule has 0 aliphatic rings. The Morgan fingerprint density at radius 3 is 2.62 bits per heavy atom. The van der Waals surface area contributed by atoms with Gasteiger partial charge in [-0.25, -0.2) is 0 Å². The van der Waals surface area contributed by atoms with Crippen LogP contribution in [0.15, 0.2) is 4.42 Å². The van der Waals surface area contributed by atoms with Gasteiger partial charge in [-0.2, -0.15) is 0 Å². The molecule has 7 nitrogen and oxygen atoms in total. The van der Waals surface area contributed by atoms with Crippen LogP contribution in [0.1, 0.15) is 39.1 Å². The molecule has 122 valence electrons. The first-order chi connectivity index (χ1) is 10.1. The molecule has 0 aromatic carbocycles. The maximum absolute atomic E-state index is 5.80. The Morgan fingerprint density at radius 1 is 1.24 bits per heavy atom. The van der Waals surface area contributed by atoms with Crippen LogP contribution in [-0.4, -0.2) is 56.8 Å². The number of hydrogen-bond donors (Lipinski definition) is 1. The van der Waals surface area contributed by atoms with Crippen molar-refractivity contribution in [1.82, 2.24) is 15.5 Å². The van der Waals surface area contributed by atoms with E-state index in [0.29, 0.717) is 31.7 Å². The lowest BCUT2D eigenvalue weighted by molar-refractivity contribution is 0.168. The summed E-state index contributed by atoms with van der Waals surface area (Å²) < 4.78 is 16.2. The number of ether oxygens (including phenoxy) is 2. The molecule has 1 rings (SSSR count). The zero-order chi connectivity index (χ0) is 15.7. The molecule has 0 radical (unpaired) electrons. The van der Waals surface area contributed by atoms with Gasteiger partial charge >= 0.3 is 6.01 Å². The van der Waals surface area contributed by atoms with Gasteiger partial charge in [-0.05, 0) is 26.8 Å². The van der Waals surface area contributed by atoms with Gasteiger partial charge in [-0.1, -0.05) is 12.0 Å². The van der Waals surface area contributed by atoms with Gasteiger partial charge in [0.15, 0.2) is 0 Å². The summed E-state index contributed by atoms with van der Waals surface area (Å²) in [5.41, 5.74) is 0. The van der Waals surface area contributed by atoms with Gasteiger partial charge in [0.05, 0.1) is 25.3 Å². The van der Waals surface area contributed by atoms with E-state index in [1.165, 1.54) is 0 Å². The minimum absolute atomic E-state index is 0.0493. The molecule has 21 heavy (non-hydrogen) atoms. The number of nitrogens with zero attached hydrogens (tertiary/aromatic N) is 3. The highest BCUT2D eigenvalue weighted by Gasteiger charge is 2.22. The van der Waals surface area contributed by atoms with Gasteiger partial charge in [0.2, 0.25) is 5.89 Å². The molecule has 1 heterocycles. The average Bonchev–Trinajstić information content (AvgIpc) is 2.95. The van der Waals surface area contributed by atoms with Crippen LogP contribution in [0.25, 0.3) is 0 Å². The van der Waals surface area contributed by atoms with Crippen LogP contribution in [-0.2, 0) is 9.47 Å². The summed E-state index contributed by atoms with van der Waals surface area (Å²) in [5.74, 6) is 0.602. The number of methoxy groups -OCH3 is 2. The first-order valence-electron chi connectivity index (χ1n) is 7.45. The molecule has 0 fully saturated rings. The third kappa shape index (κ3) is 5.61. The Labute approximate surface area is 127 Å². The predicted molar refractivity (Wildman–Crippen MR) is 81.6 cm³/mol. The van der Waals surface area contributed by atoms with Crippen molar-refractivity contribution in [3.05, 3.63) is 5.89 Å². The Bertz CT molecular complexity index is 386. The third-order valence-corrected chi connectivity index (χ3v) is 3.22. The molecule has 1 aromatic heterocycles. The van der Waals surface area contributed by atoms with E-state index in [0.717, 1.165) is 13.0 Å². The average molecular weight is 300 g/mol. The molecule has 0 saturated carbocycles. The summed E-state index contributed by atoms with van der Waals surface area (Å²) in [5, 5.41) is 11.6. The van der Waals surface area contributed by atoms with Gasteiger partial charge in [0, 0.05) is 20.8 Å². The summed E-state index contributed by atoms with van der Waals surface area (Å²) in [7, 11) is 3.36. The van der Waals surface area contributed by atoms with Crippen LogP contribution >= 0.6 is 0 Å². The van der Waals surface area contributed by atoms with Gasteiger partial charge in [-0.3, -0.25) is 0 Å². The highest BCUT2D eigenvalue weighted by Crippen LogP contribution is 2.19. The van der Waals surface area contributed by atoms with Crippen molar-refractivity contribution in [2.24, 2.45) is 0 Å². The Balaban J connectivity index is 2.75. The Kier molecular flexibility index (Phi) is 8.26. The number of aromatic nitrogens is 2. The minimum Gasteiger partial charge on any atom is -0.406 e. The fourth-order valence-electron chi connectivity index (χ4n) is 1.99. The van der Waals surface area contributed by atoms with E-state index in [2.05, 4.69) is 29.4 Å². The maximum atomic E-state index is 5.80. The second-order valence-electron chi connectivity index (χ2n) is 5.09. The van der Waals surface area contributed by atoms with Crippen LogP contribution in [0.4, 0.5) is 6.01 Å². The van der Waals surface area contributed by atoms with Crippen LogP contribution in [0.3, 0.4) is 0 Å². The van der Waals surface area contributed by atoms with Crippen molar-refractivity contribution in [3.8, 4) is 0 Å². The molecule has 0 aliphatic carbocycles. The maximum Gasteiger partial charge on any atom is 0.318 e.